The molecule has 1 amide bonds. The van der Waals surface area contributed by atoms with Crippen LogP contribution in [-0.2, 0) is 4.74 Å². The molecule has 8 nitrogen and oxygen atoms in total. The van der Waals surface area contributed by atoms with E-state index in [2.05, 4.69) is 31.0 Å². The van der Waals surface area contributed by atoms with Crippen molar-refractivity contribution in [3.05, 3.63) is 60.4 Å². The lowest BCUT2D eigenvalue weighted by Gasteiger charge is -2.26. The summed E-state index contributed by atoms with van der Waals surface area (Å²) in [6.45, 7) is 4.93. The number of fused-ring (bicyclic) bond motifs is 1. The lowest BCUT2D eigenvalue weighted by Crippen LogP contribution is -2.49. The number of nitrogens with one attached hydrogen (secondary N) is 3. The minimum absolute atomic E-state index is 0.286. The molecular formula is C22H24N6O2S. The van der Waals surface area contributed by atoms with Crippen molar-refractivity contribution in [1.29, 1.82) is 0 Å². The van der Waals surface area contributed by atoms with Gasteiger partial charge in [0.1, 0.15) is 0 Å². The van der Waals surface area contributed by atoms with Crippen LogP contribution in [-0.4, -0.2) is 65.3 Å². The number of morpholine rings is 1. The highest BCUT2D eigenvalue weighted by atomic mass is 32.1. The van der Waals surface area contributed by atoms with Crippen LogP contribution in [0.25, 0.3) is 22.2 Å². The minimum atomic E-state index is -0.286. The number of benzene rings is 1. The van der Waals surface area contributed by atoms with Crippen LogP contribution in [0.3, 0.4) is 0 Å². The van der Waals surface area contributed by atoms with Crippen molar-refractivity contribution >= 4 is 34.1 Å². The SMILES string of the molecule is O=C(NNC(=S)NCCN1CCOCC1)c1cc(-c2ccncc2)nc2ccccc12. The van der Waals surface area contributed by atoms with Gasteiger partial charge in [-0.25, -0.2) is 4.98 Å². The molecule has 0 unspecified atom stereocenters. The maximum absolute atomic E-state index is 12.9. The molecule has 31 heavy (non-hydrogen) atoms. The second-order valence-corrected chi connectivity index (χ2v) is 7.51. The number of ether oxygens (including phenoxy) is 1. The summed E-state index contributed by atoms with van der Waals surface area (Å²) in [5.74, 6) is -0.286. The summed E-state index contributed by atoms with van der Waals surface area (Å²) >= 11 is 5.29. The summed E-state index contributed by atoms with van der Waals surface area (Å²) in [6, 6.07) is 13.1. The molecule has 3 N–H and O–H groups in total. The Kier molecular flexibility index (Phi) is 6.98. The van der Waals surface area contributed by atoms with Crippen molar-refractivity contribution in [3.8, 4) is 11.3 Å². The van der Waals surface area contributed by atoms with Gasteiger partial charge in [0.2, 0.25) is 0 Å². The van der Waals surface area contributed by atoms with Gasteiger partial charge in [-0.05, 0) is 36.5 Å². The molecule has 0 bridgehead atoms. The van der Waals surface area contributed by atoms with Crippen molar-refractivity contribution in [2.75, 3.05) is 39.4 Å². The molecule has 1 aliphatic rings. The number of aromatic nitrogens is 2. The molecule has 0 spiro atoms. The third-order valence-electron chi connectivity index (χ3n) is 5.04. The summed E-state index contributed by atoms with van der Waals surface area (Å²) in [5, 5.41) is 4.25. The van der Waals surface area contributed by atoms with E-state index in [1.165, 1.54) is 0 Å². The van der Waals surface area contributed by atoms with Crippen molar-refractivity contribution in [3.63, 3.8) is 0 Å². The lowest BCUT2D eigenvalue weighted by molar-refractivity contribution is 0.0389. The molecule has 0 saturated carbocycles. The Morgan fingerprint density at radius 2 is 1.87 bits per heavy atom. The number of pyridine rings is 2. The van der Waals surface area contributed by atoms with Crippen LogP contribution < -0.4 is 16.2 Å². The molecular weight excluding hydrogens is 412 g/mol. The molecule has 3 aromatic rings. The first kappa shape index (κ1) is 21.1. The molecule has 1 fully saturated rings. The van der Waals surface area contributed by atoms with Crippen LogP contribution in [0.1, 0.15) is 10.4 Å². The standard InChI is InChI=1S/C22H24N6O2S/c29-21(26-27-22(31)24-9-10-28-11-13-30-14-12-28)18-15-20(16-5-7-23-8-6-16)25-19-4-2-1-3-17(18)19/h1-8,15H,9-14H2,(H,26,29)(H2,24,27,31). The maximum atomic E-state index is 12.9. The van der Waals surface area contributed by atoms with Gasteiger partial charge in [-0.2, -0.15) is 0 Å². The average molecular weight is 437 g/mol. The van der Waals surface area contributed by atoms with Crippen LogP contribution >= 0.6 is 12.2 Å². The maximum Gasteiger partial charge on any atom is 0.270 e. The first-order valence-corrected chi connectivity index (χ1v) is 10.6. The van der Waals surface area contributed by atoms with Crippen LogP contribution in [0.15, 0.2) is 54.9 Å². The van der Waals surface area contributed by atoms with E-state index in [1.54, 1.807) is 18.5 Å². The van der Waals surface area contributed by atoms with Crippen LogP contribution in [0.2, 0.25) is 0 Å². The van der Waals surface area contributed by atoms with E-state index in [0.29, 0.717) is 22.9 Å². The summed E-state index contributed by atoms with van der Waals surface area (Å²) < 4.78 is 5.35. The van der Waals surface area contributed by atoms with E-state index < -0.39 is 0 Å². The molecule has 4 rings (SSSR count). The average Bonchev–Trinajstić information content (AvgIpc) is 2.83. The van der Waals surface area contributed by atoms with Gasteiger partial charge in [0.15, 0.2) is 5.11 Å². The smallest absolute Gasteiger partial charge is 0.270 e. The number of nitrogens with zero attached hydrogens (tertiary/aromatic N) is 3. The second kappa shape index (κ2) is 10.3. The van der Waals surface area contributed by atoms with Gasteiger partial charge in [0, 0.05) is 49.5 Å². The number of amides is 1. The minimum Gasteiger partial charge on any atom is -0.379 e. The molecule has 0 atom stereocenters. The van der Waals surface area contributed by atoms with Gasteiger partial charge < -0.3 is 10.1 Å². The molecule has 0 radical (unpaired) electrons. The fourth-order valence-electron chi connectivity index (χ4n) is 3.41. The number of rotatable bonds is 5. The molecule has 160 valence electrons. The normalized spacial score (nSPS) is 14.2. The number of para-hydroxylation sites is 1. The van der Waals surface area contributed by atoms with Crippen LogP contribution in [0, 0.1) is 0 Å². The monoisotopic (exact) mass is 436 g/mol. The Morgan fingerprint density at radius 1 is 1.10 bits per heavy atom. The summed E-state index contributed by atoms with van der Waals surface area (Å²) in [4.78, 5) is 24.0. The van der Waals surface area contributed by atoms with E-state index in [4.69, 9.17) is 17.0 Å². The Balaban J connectivity index is 1.40. The van der Waals surface area contributed by atoms with E-state index in [1.807, 2.05) is 36.4 Å². The number of carbonyl (C=O) groups is 1. The van der Waals surface area contributed by atoms with E-state index in [-0.39, 0.29) is 5.91 Å². The Bertz CT molecular complexity index is 1060. The molecule has 1 saturated heterocycles. The van der Waals surface area contributed by atoms with Crippen LogP contribution in [0.5, 0.6) is 0 Å². The topological polar surface area (TPSA) is 91.4 Å². The number of carbonyl (C=O) groups excluding carboxylic acids is 1. The number of thiocarbonyl (C=S) groups is 1. The summed E-state index contributed by atoms with van der Waals surface area (Å²) in [6.07, 6.45) is 3.41. The van der Waals surface area contributed by atoms with Gasteiger partial charge in [0.25, 0.3) is 5.91 Å². The molecule has 9 heteroatoms. The van der Waals surface area contributed by atoms with Gasteiger partial charge >= 0.3 is 0 Å². The first-order valence-electron chi connectivity index (χ1n) is 10.2. The van der Waals surface area contributed by atoms with Crippen LogP contribution in [0.4, 0.5) is 0 Å². The van der Waals surface area contributed by atoms with Crippen molar-refractivity contribution in [1.82, 2.24) is 31.0 Å². The Labute approximate surface area is 186 Å². The van der Waals surface area contributed by atoms with Crippen molar-refractivity contribution in [2.24, 2.45) is 0 Å². The fourth-order valence-corrected chi connectivity index (χ4v) is 3.56. The fraction of sp³-hybridized carbons (Fsp3) is 0.273. The van der Waals surface area contributed by atoms with E-state index in [0.717, 1.165) is 49.3 Å². The third kappa shape index (κ3) is 5.52. The molecule has 1 aromatic carbocycles. The summed E-state index contributed by atoms with van der Waals surface area (Å²) in [5.41, 5.74) is 8.34. The van der Waals surface area contributed by atoms with Gasteiger partial charge in [-0.1, -0.05) is 18.2 Å². The van der Waals surface area contributed by atoms with Crippen molar-refractivity contribution < 1.29 is 9.53 Å². The van der Waals surface area contributed by atoms with Crippen molar-refractivity contribution in [2.45, 2.75) is 0 Å². The molecule has 3 heterocycles. The molecule has 0 aliphatic carbocycles. The van der Waals surface area contributed by atoms with Gasteiger partial charge in [-0.3, -0.25) is 25.5 Å². The van der Waals surface area contributed by atoms with Gasteiger partial charge in [-0.15, -0.1) is 0 Å². The van der Waals surface area contributed by atoms with E-state index >= 15 is 0 Å². The number of hydrazine groups is 1. The highest BCUT2D eigenvalue weighted by Crippen LogP contribution is 2.24. The van der Waals surface area contributed by atoms with E-state index in [9.17, 15) is 4.79 Å². The predicted octanol–water partition coefficient (Wildman–Crippen LogP) is 1.74. The highest BCUT2D eigenvalue weighted by Gasteiger charge is 2.14. The quantitative estimate of drug-likeness (QED) is 0.412. The zero-order chi connectivity index (χ0) is 21.5. The largest absolute Gasteiger partial charge is 0.379 e. The second-order valence-electron chi connectivity index (χ2n) is 7.10. The predicted molar refractivity (Wildman–Crippen MR) is 123 cm³/mol. The number of hydrogen-bond acceptors (Lipinski definition) is 6. The zero-order valence-electron chi connectivity index (χ0n) is 17.0. The lowest BCUT2D eigenvalue weighted by atomic mass is 10.0. The van der Waals surface area contributed by atoms with Gasteiger partial charge in [0.05, 0.1) is 30.0 Å². The zero-order valence-corrected chi connectivity index (χ0v) is 17.8. The molecule has 2 aromatic heterocycles. The Hall–Kier alpha value is -3.14. The first-order chi connectivity index (χ1) is 15.2. The molecule has 1 aliphatic heterocycles. The number of hydrogen-bond donors (Lipinski definition) is 3. The summed E-state index contributed by atoms with van der Waals surface area (Å²) in [7, 11) is 0. The Morgan fingerprint density at radius 3 is 2.68 bits per heavy atom. The highest BCUT2D eigenvalue weighted by molar-refractivity contribution is 7.80. The third-order valence-corrected chi connectivity index (χ3v) is 5.29.